The lowest BCUT2D eigenvalue weighted by atomic mass is 9.99. The van der Waals surface area contributed by atoms with E-state index >= 15 is 0 Å². The molecule has 6 N–H and O–H groups in total. The van der Waals surface area contributed by atoms with Crippen molar-refractivity contribution in [2.45, 2.75) is 25.9 Å². The minimum Gasteiger partial charge on any atom is -0.506 e. The second-order valence-corrected chi connectivity index (χ2v) is 7.40. The van der Waals surface area contributed by atoms with Gasteiger partial charge in [0.15, 0.2) is 5.56 Å². The molecule has 0 aliphatic carbocycles. The number of rotatable bonds is 5. The summed E-state index contributed by atoms with van der Waals surface area (Å²) >= 11 is 0. The van der Waals surface area contributed by atoms with Crippen LogP contribution >= 0.6 is 0 Å². The number of nitrogens with two attached hydrogens (primary N) is 1. The first-order valence-corrected chi connectivity index (χ1v) is 9.64. The summed E-state index contributed by atoms with van der Waals surface area (Å²) in [6, 6.07) is 7.96. The second-order valence-electron chi connectivity index (χ2n) is 7.40. The highest BCUT2D eigenvalue weighted by Gasteiger charge is 2.32. The normalized spacial score (nSPS) is 18.3. The Kier molecular flexibility index (Phi) is 4.68. The van der Waals surface area contributed by atoms with Gasteiger partial charge in [-0.2, -0.15) is 0 Å². The van der Waals surface area contributed by atoms with Gasteiger partial charge < -0.3 is 25.5 Å². The van der Waals surface area contributed by atoms with Crippen LogP contribution in [0.1, 0.15) is 34.7 Å². The molecule has 8 nitrogen and oxygen atoms in total. The van der Waals surface area contributed by atoms with Crippen LogP contribution in [-0.4, -0.2) is 39.3 Å². The zero-order chi connectivity index (χ0) is 20.9. The van der Waals surface area contributed by atoms with Gasteiger partial charge in [0.1, 0.15) is 5.75 Å². The van der Waals surface area contributed by atoms with E-state index in [1.807, 2.05) is 25.2 Å². The van der Waals surface area contributed by atoms with Crippen LogP contribution in [0.4, 0.5) is 0 Å². The van der Waals surface area contributed by atoms with E-state index in [9.17, 15) is 19.8 Å². The van der Waals surface area contributed by atoms with E-state index in [4.69, 9.17) is 5.73 Å². The van der Waals surface area contributed by atoms with Crippen LogP contribution in [0, 0.1) is 5.92 Å². The Hall–Kier alpha value is -3.10. The maximum absolute atomic E-state index is 12.3. The molecule has 0 radical (unpaired) electrons. The molecule has 152 valence electrons. The number of aromatic hydroxyl groups is 1. The molecule has 0 saturated heterocycles. The molecule has 4 rings (SSSR count). The van der Waals surface area contributed by atoms with Gasteiger partial charge >= 0.3 is 5.97 Å². The Morgan fingerprint density at radius 3 is 2.76 bits per heavy atom. The van der Waals surface area contributed by atoms with E-state index < -0.39 is 22.8 Å². The molecule has 0 saturated carbocycles. The lowest BCUT2D eigenvalue weighted by Crippen LogP contribution is -2.30. The first-order valence-electron chi connectivity index (χ1n) is 9.64. The molecule has 1 aliphatic rings. The number of pyridine rings is 1. The lowest BCUT2D eigenvalue weighted by molar-refractivity contribution is 0.0691. The zero-order valence-electron chi connectivity index (χ0n) is 16.3. The van der Waals surface area contributed by atoms with Crippen LogP contribution in [0.2, 0.25) is 0 Å². The molecule has 8 heteroatoms. The van der Waals surface area contributed by atoms with Gasteiger partial charge in [0.2, 0.25) is 0 Å². The highest BCUT2D eigenvalue weighted by atomic mass is 16.4. The topological polar surface area (TPSA) is 133 Å². The summed E-state index contributed by atoms with van der Waals surface area (Å²) in [4.78, 5) is 26.3. The quantitative estimate of drug-likeness (QED) is 0.447. The monoisotopic (exact) mass is 396 g/mol. The Bertz CT molecular complexity index is 1180. The number of fused-ring (bicyclic) bond motifs is 3. The van der Waals surface area contributed by atoms with Crippen molar-refractivity contribution in [3.05, 3.63) is 51.4 Å². The molecule has 2 unspecified atom stereocenters. The highest BCUT2D eigenvalue weighted by molar-refractivity contribution is 5.92. The third-order valence-electron chi connectivity index (χ3n) is 5.86. The molecule has 0 spiro atoms. The number of carbonyl (C=O) groups is 1. The van der Waals surface area contributed by atoms with Crippen molar-refractivity contribution < 1.29 is 15.0 Å². The number of aromatic amines is 1. The van der Waals surface area contributed by atoms with Crippen LogP contribution in [-0.2, 0) is 12.8 Å². The summed E-state index contributed by atoms with van der Waals surface area (Å²) in [5.74, 6) is -1.63. The second kappa shape index (κ2) is 7.06. The van der Waals surface area contributed by atoms with Crippen molar-refractivity contribution in [1.29, 1.82) is 0 Å². The standard InChI is InChI=1S/C21H24N4O4/c1-3-14-17(24-20(27)16(18(14)26)21(28)29)11-5-4-10-6-13-7-12(9-22)19(23-2)25(13)15(10)8-11/h4-6,8,12,19,23H,3,7,9,22H2,1-2H3,(H,28,29)(H2,24,26,27). The van der Waals surface area contributed by atoms with Gasteiger partial charge in [-0.05, 0) is 44.0 Å². The van der Waals surface area contributed by atoms with Gasteiger partial charge in [-0.3, -0.25) is 10.1 Å². The summed E-state index contributed by atoms with van der Waals surface area (Å²) in [6.45, 7) is 2.38. The predicted molar refractivity (Wildman–Crippen MR) is 110 cm³/mol. The number of carboxylic acids is 1. The molecular weight excluding hydrogens is 372 g/mol. The molecule has 3 heterocycles. The smallest absolute Gasteiger partial charge is 0.345 e. The first kappa shape index (κ1) is 19.2. The fraction of sp³-hybridized carbons (Fsp3) is 0.333. The summed E-state index contributed by atoms with van der Waals surface area (Å²) in [6.07, 6.45) is 1.34. The fourth-order valence-electron chi connectivity index (χ4n) is 4.50. The van der Waals surface area contributed by atoms with Crippen molar-refractivity contribution in [2.24, 2.45) is 11.7 Å². The number of benzene rings is 1. The minimum atomic E-state index is -1.45. The van der Waals surface area contributed by atoms with Gasteiger partial charge in [-0.25, -0.2) is 4.79 Å². The van der Waals surface area contributed by atoms with Crippen LogP contribution in [0.25, 0.3) is 22.2 Å². The Morgan fingerprint density at radius 2 is 2.14 bits per heavy atom. The molecule has 0 fully saturated rings. The average molecular weight is 396 g/mol. The molecule has 0 bridgehead atoms. The zero-order valence-corrected chi connectivity index (χ0v) is 16.3. The first-order chi connectivity index (χ1) is 13.9. The molecular formula is C21H24N4O4. The molecule has 1 aromatic carbocycles. The summed E-state index contributed by atoms with van der Waals surface area (Å²) in [7, 11) is 1.91. The van der Waals surface area contributed by atoms with Crippen LogP contribution in [0.15, 0.2) is 29.1 Å². The Balaban J connectivity index is 1.93. The van der Waals surface area contributed by atoms with E-state index in [2.05, 4.69) is 20.9 Å². The number of aromatic nitrogens is 2. The van der Waals surface area contributed by atoms with Crippen molar-refractivity contribution in [1.82, 2.24) is 14.9 Å². The number of hydrogen-bond donors (Lipinski definition) is 5. The summed E-state index contributed by atoms with van der Waals surface area (Å²) in [5, 5.41) is 24.1. The molecule has 0 amide bonds. The predicted octanol–water partition coefficient (Wildman–Crippen LogP) is 1.81. The maximum atomic E-state index is 12.3. The number of H-pyrrole nitrogens is 1. The minimum absolute atomic E-state index is 0.0789. The Morgan fingerprint density at radius 1 is 1.38 bits per heavy atom. The lowest BCUT2D eigenvalue weighted by Gasteiger charge is -2.21. The molecule has 29 heavy (non-hydrogen) atoms. The third-order valence-corrected chi connectivity index (χ3v) is 5.86. The van der Waals surface area contributed by atoms with E-state index in [-0.39, 0.29) is 6.17 Å². The number of aromatic carboxylic acids is 1. The van der Waals surface area contributed by atoms with E-state index in [0.29, 0.717) is 35.7 Å². The van der Waals surface area contributed by atoms with E-state index in [1.54, 1.807) is 6.92 Å². The fourth-order valence-corrected chi connectivity index (χ4v) is 4.50. The highest BCUT2D eigenvalue weighted by Crippen LogP contribution is 2.38. The molecule has 3 aromatic rings. The van der Waals surface area contributed by atoms with Gasteiger partial charge in [-0.15, -0.1) is 0 Å². The summed E-state index contributed by atoms with van der Waals surface area (Å²) < 4.78 is 2.23. The third kappa shape index (κ3) is 2.83. The number of hydrogen-bond acceptors (Lipinski definition) is 5. The van der Waals surface area contributed by atoms with E-state index in [0.717, 1.165) is 17.3 Å². The average Bonchev–Trinajstić information content (AvgIpc) is 3.21. The van der Waals surface area contributed by atoms with Crippen molar-refractivity contribution in [3.63, 3.8) is 0 Å². The van der Waals surface area contributed by atoms with Crippen molar-refractivity contribution in [3.8, 4) is 17.0 Å². The van der Waals surface area contributed by atoms with Crippen molar-refractivity contribution >= 4 is 16.9 Å². The largest absolute Gasteiger partial charge is 0.506 e. The number of nitrogens with zero attached hydrogens (tertiary/aromatic N) is 1. The molecule has 1 aliphatic heterocycles. The van der Waals surface area contributed by atoms with Gasteiger partial charge in [-0.1, -0.05) is 19.1 Å². The van der Waals surface area contributed by atoms with E-state index in [1.165, 1.54) is 5.69 Å². The number of carboxylic acid groups (broad SMARTS) is 1. The molecule has 2 atom stereocenters. The number of nitrogens with one attached hydrogen (secondary N) is 2. The SMILES string of the molecule is CCc1c(-c2ccc3cc4n(c3c2)C(NC)C(CN)C4)[nH]c(=O)c(C(=O)O)c1O. The van der Waals surface area contributed by atoms with Gasteiger partial charge in [0.05, 0.1) is 17.4 Å². The summed E-state index contributed by atoms with van der Waals surface area (Å²) in [5.41, 5.74) is 8.24. The van der Waals surface area contributed by atoms with Crippen molar-refractivity contribution in [2.75, 3.05) is 13.6 Å². The van der Waals surface area contributed by atoms with Crippen LogP contribution in [0.3, 0.4) is 0 Å². The van der Waals surface area contributed by atoms with Crippen LogP contribution in [0.5, 0.6) is 5.75 Å². The van der Waals surface area contributed by atoms with Crippen LogP contribution < -0.4 is 16.6 Å². The molecule has 2 aromatic heterocycles. The maximum Gasteiger partial charge on any atom is 0.345 e. The van der Waals surface area contributed by atoms with Gasteiger partial charge in [0.25, 0.3) is 5.56 Å². The Labute approximate surface area is 167 Å². The van der Waals surface area contributed by atoms with Gasteiger partial charge in [0, 0.05) is 22.7 Å².